The highest BCUT2D eigenvalue weighted by Crippen LogP contribution is 2.55. The molecule has 6 nitrogen and oxygen atoms in total. The first-order valence-corrected chi connectivity index (χ1v) is 13.7. The zero-order chi connectivity index (χ0) is 24.5. The summed E-state index contributed by atoms with van der Waals surface area (Å²) in [6, 6.07) is 13.7. The van der Waals surface area contributed by atoms with Gasteiger partial charge in [-0.3, -0.25) is 14.3 Å². The SMILES string of the molecule is Cc1ccccc1/C=C/C(=O)N1CCC2(CC1)CC(CC(=O)NS(C)(=O)=O)c1cccc(Cl)c12. The molecule has 0 bridgehead atoms. The van der Waals surface area contributed by atoms with Gasteiger partial charge < -0.3 is 4.90 Å². The van der Waals surface area contributed by atoms with Gasteiger partial charge in [-0.25, -0.2) is 8.42 Å². The van der Waals surface area contributed by atoms with Gasteiger partial charge in [-0.2, -0.15) is 0 Å². The lowest BCUT2D eigenvalue weighted by Crippen LogP contribution is -2.44. The van der Waals surface area contributed by atoms with Crippen molar-refractivity contribution in [1.29, 1.82) is 0 Å². The number of carbonyl (C=O) groups excluding carboxylic acids is 2. The van der Waals surface area contributed by atoms with Crippen LogP contribution in [-0.2, 0) is 25.0 Å². The number of nitrogens with zero attached hydrogens (tertiary/aromatic N) is 1. The number of likely N-dealkylation sites (tertiary alicyclic amines) is 1. The van der Waals surface area contributed by atoms with E-state index in [0.29, 0.717) is 24.5 Å². The number of benzene rings is 2. The molecule has 2 aliphatic rings. The third-order valence-corrected chi connectivity index (χ3v) is 7.92. The Morgan fingerprint density at radius 1 is 1.15 bits per heavy atom. The number of sulfonamides is 1. The van der Waals surface area contributed by atoms with Gasteiger partial charge in [0.2, 0.25) is 21.8 Å². The Bertz CT molecular complexity index is 1250. The van der Waals surface area contributed by atoms with Crippen LogP contribution in [0.2, 0.25) is 5.02 Å². The molecule has 4 rings (SSSR count). The Morgan fingerprint density at radius 3 is 2.53 bits per heavy atom. The third kappa shape index (κ3) is 5.20. The predicted octanol–water partition coefficient (Wildman–Crippen LogP) is 4.18. The van der Waals surface area contributed by atoms with Gasteiger partial charge in [-0.15, -0.1) is 0 Å². The standard InChI is InChI=1S/C26H29ClN2O4S/c1-18-6-3-4-7-19(18)10-11-24(31)29-14-12-26(13-15-29)17-20(16-23(30)28-34(2,32)33)21-8-5-9-22(27)25(21)26/h3-11,20H,12-17H2,1-2H3,(H,28,30)/b11-10+. The molecular formula is C26H29ClN2O4S. The van der Waals surface area contributed by atoms with Crippen molar-refractivity contribution in [2.75, 3.05) is 19.3 Å². The lowest BCUT2D eigenvalue weighted by molar-refractivity contribution is -0.127. The van der Waals surface area contributed by atoms with Gasteiger partial charge in [0.15, 0.2) is 0 Å². The van der Waals surface area contributed by atoms with Gasteiger partial charge in [0, 0.05) is 36.0 Å². The fourth-order valence-corrected chi connectivity index (χ4v) is 6.31. The summed E-state index contributed by atoms with van der Waals surface area (Å²) in [6.45, 7) is 3.22. The Morgan fingerprint density at radius 2 is 1.85 bits per heavy atom. The van der Waals surface area contributed by atoms with Gasteiger partial charge in [0.1, 0.15) is 0 Å². The van der Waals surface area contributed by atoms with E-state index in [0.717, 1.165) is 41.4 Å². The molecule has 1 fully saturated rings. The van der Waals surface area contributed by atoms with Crippen molar-refractivity contribution >= 4 is 39.5 Å². The van der Waals surface area contributed by atoms with Gasteiger partial charge >= 0.3 is 0 Å². The van der Waals surface area contributed by atoms with Crippen molar-refractivity contribution in [3.63, 3.8) is 0 Å². The lowest BCUT2D eigenvalue weighted by Gasteiger charge is -2.40. The second kappa shape index (κ2) is 9.55. The zero-order valence-electron chi connectivity index (χ0n) is 19.4. The van der Waals surface area contributed by atoms with Crippen molar-refractivity contribution in [1.82, 2.24) is 9.62 Å². The van der Waals surface area contributed by atoms with E-state index in [-0.39, 0.29) is 23.7 Å². The highest BCUT2D eigenvalue weighted by Gasteiger charge is 2.47. The molecule has 2 aromatic rings. The van der Waals surface area contributed by atoms with Crippen molar-refractivity contribution in [3.05, 3.63) is 75.8 Å². The first-order valence-electron chi connectivity index (χ1n) is 11.4. The second-order valence-electron chi connectivity index (χ2n) is 9.40. The summed E-state index contributed by atoms with van der Waals surface area (Å²) in [5, 5.41) is 0.669. The van der Waals surface area contributed by atoms with Crippen LogP contribution in [0.1, 0.15) is 53.9 Å². The quantitative estimate of drug-likeness (QED) is 0.624. The molecule has 1 aliphatic carbocycles. The Kier molecular flexibility index (Phi) is 6.87. The second-order valence-corrected chi connectivity index (χ2v) is 11.6. The number of fused-ring (bicyclic) bond motifs is 2. The summed E-state index contributed by atoms with van der Waals surface area (Å²) in [4.78, 5) is 27.1. The summed E-state index contributed by atoms with van der Waals surface area (Å²) < 4.78 is 25.0. The molecule has 8 heteroatoms. The zero-order valence-corrected chi connectivity index (χ0v) is 21.0. The number of halogens is 1. The highest BCUT2D eigenvalue weighted by atomic mass is 35.5. The molecule has 0 saturated carbocycles. The average molecular weight is 501 g/mol. The number of carbonyl (C=O) groups is 2. The lowest BCUT2D eigenvalue weighted by atomic mass is 9.73. The van der Waals surface area contributed by atoms with E-state index < -0.39 is 15.9 Å². The van der Waals surface area contributed by atoms with E-state index >= 15 is 0 Å². The van der Waals surface area contributed by atoms with Crippen LogP contribution in [0.5, 0.6) is 0 Å². The molecule has 2 aromatic carbocycles. The topological polar surface area (TPSA) is 83.6 Å². The van der Waals surface area contributed by atoms with E-state index in [1.807, 2.05) is 60.4 Å². The normalized spacial score (nSPS) is 19.4. The molecule has 1 N–H and O–H groups in total. The maximum Gasteiger partial charge on any atom is 0.246 e. The minimum atomic E-state index is -3.61. The Labute approximate surface area is 206 Å². The van der Waals surface area contributed by atoms with Crippen molar-refractivity contribution in [3.8, 4) is 0 Å². The van der Waals surface area contributed by atoms with E-state index in [4.69, 9.17) is 11.6 Å². The average Bonchev–Trinajstić information content (AvgIpc) is 3.06. The first-order chi connectivity index (χ1) is 16.1. The van der Waals surface area contributed by atoms with E-state index in [9.17, 15) is 18.0 Å². The largest absolute Gasteiger partial charge is 0.339 e. The molecule has 1 atom stereocenters. The van der Waals surface area contributed by atoms with Gasteiger partial charge in [-0.1, -0.05) is 48.0 Å². The van der Waals surface area contributed by atoms with E-state index in [1.54, 1.807) is 6.08 Å². The molecule has 0 aromatic heterocycles. The van der Waals surface area contributed by atoms with Gasteiger partial charge in [-0.05, 0) is 66.5 Å². The molecule has 180 valence electrons. The van der Waals surface area contributed by atoms with Gasteiger partial charge in [0.05, 0.1) is 6.26 Å². The highest BCUT2D eigenvalue weighted by molar-refractivity contribution is 7.89. The van der Waals surface area contributed by atoms with Crippen LogP contribution >= 0.6 is 11.6 Å². The van der Waals surface area contributed by atoms with Crippen LogP contribution in [0.4, 0.5) is 0 Å². The fourth-order valence-electron chi connectivity index (χ4n) is 5.43. The summed E-state index contributed by atoms with van der Waals surface area (Å²) in [6.07, 6.45) is 6.77. The van der Waals surface area contributed by atoms with Crippen LogP contribution in [0.25, 0.3) is 6.08 Å². The van der Waals surface area contributed by atoms with Crippen molar-refractivity contribution in [2.45, 2.75) is 43.9 Å². The molecule has 2 amide bonds. The monoisotopic (exact) mass is 500 g/mol. The number of piperidine rings is 1. The molecule has 34 heavy (non-hydrogen) atoms. The number of aryl methyl sites for hydroxylation is 1. The van der Waals surface area contributed by atoms with E-state index in [1.165, 1.54) is 0 Å². The molecular weight excluding hydrogens is 472 g/mol. The fraction of sp³-hybridized carbons (Fsp3) is 0.385. The first kappa shape index (κ1) is 24.5. The third-order valence-electron chi connectivity index (χ3n) is 7.01. The van der Waals surface area contributed by atoms with Crippen LogP contribution in [0.3, 0.4) is 0 Å². The van der Waals surface area contributed by atoms with Gasteiger partial charge in [0.25, 0.3) is 0 Å². The summed E-state index contributed by atoms with van der Waals surface area (Å²) in [5.74, 6) is -0.636. The maximum absolute atomic E-state index is 12.8. The molecule has 0 radical (unpaired) electrons. The number of nitrogens with one attached hydrogen (secondary N) is 1. The Balaban J connectivity index is 1.48. The summed E-state index contributed by atoms with van der Waals surface area (Å²) in [7, 11) is -3.61. The molecule has 1 heterocycles. The van der Waals surface area contributed by atoms with Crippen LogP contribution in [0.15, 0.2) is 48.5 Å². The minimum absolute atomic E-state index is 0.0143. The molecule has 1 aliphatic heterocycles. The molecule has 1 saturated heterocycles. The number of hydrogen-bond donors (Lipinski definition) is 1. The summed E-state index contributed by atoms with van der Waals surface area (Å²) in [5.41, 5.74) is 3.98. The van der Waals surface area contributed by atoms with Crippen molar-refractivity contribution < 1.29 is 18.0 Å². The Hall–Kier alpha value is -2.64. The number of rotatable bonds is 5. The predicted molar refractivity (Wildman–Crippen MR) is 134 cm³/mol. The molecule has 1 unspecified atom stereocenters. The van der Waals surface area contributed by atoms with E-state index in [2.05, 4.69) is 4.72 Å². The minimum Gasteiger partial charge on any atom is -0.339 e. The molecule has 1 spiro atoms. The number of amides is 2. The van der Waals surface area contributed by atoms with Crippen LogP contribution in [0, 0.1) is 6.92 Å². The van der Waals surface area contributed by atoms with Crippen molar-refractivity contribution in [2.24, 2.45) is 0 Å². The number of hydrogen-bond acceptors (Lipinski definition) is 4. The van der Waals surface area contributed by atoms with Crippen LogP contribution < -0.4 is 4.72 Å². The summed E-state index contributed by atoms with van der Waals surface area (Å²) >= 11 is 6.64. The smallest absolute Gasteiger partial charge is 0.246 e. The van der Waals surface area contributed by atoms with Crippen LogP contribution in [-0.4, -0.2) is 44.5 Å². The maximum atomic E-state index is 12.8.